The number of fused-ring (bicyclic) bond motifs is 3. The van der Waals surface area contributed by atoms with E-state index in [-0.39, 0.29) is 92.6 Å². The van der Waals surface area contributed by atoms with Crippen LogP contribution >= 0.6 is 0 Å². The molecule has 0 aromatic carbocycles. The van der Waals surface area contributed by atoms with Crippen LogP contribution < -0.4 is 0 Å². The molecule has 0 atom stereocenters. The number of nitrogens with zero attached hydrogens (tertiary/aromatic N) is 10. The van der Waals surface area contributed by atoms with E-state index in [2.05, 4.69) is 66.6 Å². The molecule has 3 N–H and O–H groups in total. The average Bonchev–Trinajstić information content (AvgIpc) is 1.64. The number of esters is 1. The van der Waals surface area contributed by atoms with Crippen molar-refractivity contribution in [2.24, 2.45) is 0 Å². The van der Waals surface area contributed by atoms with Crippen molar-refractivity contribution in [3.05, 3.63) is 62.2 Å². The highest BCUT2D eigenvalue weighted by Gasteiger charge is 2.37. The first kappa shape index (κ1) is 99.0. The Balaban J connectivity index is 0.000000476. The summed E-state index contributed by atoms with van der Waals surface area (Å²) in [6.45, 7) is 53.0. The Hall–Kier alpha value is -9.09. The van der Waals surface area contributed by atoms with E-state index in [0.717, 1.165) is 53.3 Å². The number of hydrogen-bond donors (Lipinski definition) is 3. The number of nitrogens with one attached hydrogen (secondary N) is 1. The molecule has 0 spiro atoms. The Labute approximate surface area is 660 Å². The smallest absolute Gasteiger partial charge is 0.410 e. The number of aromatic nitrogens is 6. The number of ether oxygens (including phenoxy) is 8. The highest BCUT2D eigenvalue weighted by atomic mass is 28.3. The number of allylic oxidation sites excluding steroid dienone is 1. The summed E-state index contributed by atoms with van der Waals surface area (Å²) in [7, 11) is -2.36. The first-order valence-corrected chi connectivity index (χ1v) is 45.2. The fourth-order valence-corrected chi connectivity index (χ4v) is 12.4. The molecule has 0 unspecified atom stereocenters. The molecule has 36 heteroatoms. The predicted molar refractivity (Wildman–Crippen MR) is 414 cm³/mol. The van der Waals surface area contributed by atoms with Crippen LogP contribution in [0.4, 0.5) is 24.0 Å². The molecule has 34 nitrogen and oxygen atoms in total. The normalized spacial score (nSPS) is 15.4. The number of aliphatic hydroxyl groups is 1. The number of likely N-dealkylation sites (tertiary alicyclic amines) is 2. The Morgan fingerprint density at radius 3 is 1.17 bits per heavy atom. The largest absolute Gasteiger partial charge is 0.512 e. The number of amides is 5. The van der Waals surface area contributed by atoms with E-state index < -0.39 is 74.4 Å². The minimum Gasteiger partial charge on any atom is -0.512 e. The molecule has 0 bridgehead atoms. The molecule has 0 aliphatic carbocycles. The monoisotopic (exact) mass is 1620 g/mol. The molecule has 630 valence electrons. The molecule has 5 aliphatic heterocycles. The van der Waals surface area contributed by atoms with Gasteiger partial charge < -0.3 is 72.6 Å². The van der Waals surface area contributed by atoms with Crippen LogP contribution in [0.5, 0.6) is 0 Å². The van der Waals surface area contributed by atoms with Gasteiger partial charge in [0.2, 0.25) is 0 Å². The molecule has 2 fully saturated rings. The lowest BCUT2D eigenvalue weighted by Gasteiger charge is -2.30. The van der Waals surface area contributed by atoms with E-state index in [1.54, 1.807) is 79.5 Å². The zero-order valence-electron chi connectivity index (χ0n) is 70.6. The van der Waals surface area contributed by atoms with Gasteiger partial charge >= 0.3 is 54.7 Å². The number of carbonyl (C=O) groups excluding carboxylic acids is 12. The number of hydrogen-bond acceptors (Lipinski definition) is 25. The van der Waals surface area contributed by atoms with Crippen LogP contribution in [0.1, 0.15) is 211 Å². The van der Waals surface area contributed by atoms with Gasteiger partial charge in [-0.15, -0.1) is 0 Å². The average molecular weight is 1620 g/mol. The SMILES string of the molecule is CC(C)(C)OC(=O)N1CCC(=O)CC1.CC(C)(C)OC(=O)N1CCc2c(c(C(=O)O)nn2COCC[Si](C)(C)C)C1.CC/C(O)=C1\CN(C(=O)OC(C)(C)C)CCC1=O.CCOC(=O)c1nn(COCC[Si](C)(C)C)c2c1CN(C(=O)OC(C)(C)C)CC2.CCc1n[nH]c2c1CN(C(=O)OC(C)(C)C)CC2.O=C=O.O=C=O. The topological polar surface area (TPSA) is 417 Å². The third-order valence-electron chi connectivity index (χ3n) is 16.3. The van der Waals surface area contributed by atoms with Gasteiger partial charge in [-0.1, -0.05) is 53.1 Å². The number of aryl methyl sites for hydroxylation is 1. The van der Waals surface area contributed by atoms with Crippen molar-refractivity contribution in [2.45, 2.75) is 288 Å². The molecule has 3 aromatic rings. The van der Waals surface area contributed by atoms with Gasteiger partial charge in [-0.25, -0.2) is 42.9 Å². The Morgan fingerprint density at radius 2 is 0.812 bits per heavy atom. The lowest BCUT2D eigenvalue weighted by Crippen LogP contribution is -2.43. The summed E-state index contributed by atoms with van der Waals surface area (Å²) in [6, 6.07) is 2.10. The van der Waals surface area contributed by atoms with Crippen molar-refractivity contribution in [3.8, 4) is 0 Å². The lowest BCUT2D eigenvalue weighted by molar-refractivity contribution is -0.193. The number of piperidine rings is 2. The number of carboxylic acids is 1. The number of carbonyl (C=O) groups is 9. The summed E-state index contributed by atoms with van der Waals surface area (Å²) in [5.41, 5.74) is 4.32. The van der Waals surface area contributed by atoms with Gasteiger partial charge in [0.1, 0.15) is 53.0 Å². The van der Waals surface area contributed by atoms with E-state index in [9.17, 15) is 53.4 Å². The molecule has 8 heterocycles. The minimum atomic E-state index is -1.18. The Bertz CT molecular complexity index is 3710. The maximum absolute atomic E-state index is 12.5. The van der Waals surface area contributed by atoms with Gasteiger partial charge in [0.05, 0.1) is 44.1 Å². The standard InChI is InChI=1S/C20H35N3O5Si.C18H31N3O5Si.C13H21N3O2.C13H21NO4.C10H17NO3.2CO2/c1-8-27-18(24)17-15-13-22(19(25)28-20(2,3)4)10-9-16(15)23(21-17)14-26-11-12-29(5,6)7;1-18(2,3)26-17(24)20-8-7-14-13(11-20)15(16(22)23)19-21(14)12-25-9-10-27(4,5)6;1-5-10-9-8-16(7-6-11(9)15-14-10)12(17)18-13(2,3)4;1-5-10(15)9-8-14(7-6-11(9)16)12(17)18-13(2,3)4;1-10(2,3)14-9(13)11-6-4-8(12)5-7-11;2*2-1-3/h8-14H2,1-7H3;7-12H2,1-6H3,(H,22,23);5-8H2,1-4H3,(H,14,15);15H,5-8H2,1-4H3;4-7H2,1-3H3;;/b;;;10-9-;;;. The lowest BCUT2D eigenvalue weighted by atomic mass is 10.0. The van der Waals surface area contributed by atoms with Gasteiger partial charge in [0.15, 0.2) is 17.2 Å². The number of aromatic amines is 1. The maximum Gasteiger partial charge on any atom is 0.410 e. The van der Waals surface area contributed by atoms with Crippen LogP contribution in [-0.4, -0.2) is 241 Å². The second kappa shape index (κ2) is 44.4. The summed E-state index contributed by atoms with van der Waals surface area (Å²) in [5, 5.41) is 35.2. The third kappa shape index (κ3) is 36.6. The summed E-state index contributed by atoms with van der Waals surface area (Å²) in [4.78, 5) is 147. The van der Waals surface area contributed by atoms with Crippen molar-refractivity contribution in [2.75, 3.05) is 65.6 Å². The van der Waals surface area contributed by atoms with Gasteiger partial charge in [-0.2, -0.15) is 34.5 Å². The van der Waals surface area contributed by atoms with Gasteiger partial charge in [-0.3, -0.25) is 14.7 Å². The fourth-order valence-electron chi connectivity index (χ4n) is 10.8. The zero-order valence-corrected chi connectivity index (χ0v) is 72.6. The quantitative estimate of drug-likeness (QED) is 0.0318. The fraction of sp³-hybridized carbons (Fsp3) is 0.711. The van der Waals surface area contributed by atoms with Crippen molar-refractivity contribution >= 4 is 82.4 Å². The molecule has 5 amide bonds. The van der Waals surface area contributed by atoms with E-state index in [0.29, 0.717) is 115 Å². The van der Waals surface area contributed by atoms with Crippen LogP contribution in [0.15, 0.2) is 11.3 Å². The van der Waals surface area contributed by atoms with Crippen molar-refractivity contribution < 1.29 is 110 Å². The zero-order chi connectivity index (χ0) is 85.7. The van der Waals surface area contributed by atoms with E-state index in [4.69, 9.17) is 57.1 Å². The summed E-state index contributed by atoms with van der Waals surface area (Å²) in [6.07, 6.45) is 3.01. The highest BCUT2D eigenvalue weighted by molar-refractivity contribution is 6.76. The molecular formula is C76H125N11O23Si2. The molecule has 3 aromatic heterocycles. The van der Waals surface area contributed by atoms with Gasteiger partial charge in [0, 0.05) is 147 Å². The number of aliphatic hydroxyl groups excluding tert-OH is 1. The molecule has 2 saturated heterocycles. The first-order valence-electron chi connectivity index (χ1n) is 37.8. The highest BCUT2D eigenvalue weighted by Crippen LogP contribution is 2.29. The number of aromatic carboxylic acids is 1. The number of Topliss-reactive ketones (excluding diaryl/α,β-unsaturated/α-hetero) is 2. The van der Waals surface area contributed by atoms with Crippen LogP contribution in [0.2, 0.25) is 51.4 Å². The van der Waals surface area contributed by atoms with Crippen molar-refractivity contribution in [1.82, 2.24) is 54.3 Å². The van der Waals surface area contributed by atoms with E-state index in [1.807, 2.05) is 62.3 Å². The van der Waals surface area contributed by atoms with Crippen LogP contribution in [0, 0.1) is 0 Å². The van der Waals surface area contributed by atoms with Crippen LogP contribution in [0.25, 0.3) is 0 Å². The Morgan fingerprint density at radius 1 is 0.473 bits per heavy atom. The van der Waals surface area contributed by atoms with Gasteiger partial charge in [-0.05, 0) is 129 Å². The molecule has 112 heavy (non-hydrogen) atoms. The van der Waals surface area contributed by atoms with Crippen LogP contribution in [-0.2, 0) is 125 Å². The number of rotatable bonds is 15. The van der Waals surface area contributed by atoms with Crippen LogP contribution in [0.3, 0.4) is 0 Å². The second-order valence-corrected chi connectivity index (χ2v) is 45.5. The van der Waals surface area contributed by atoms with E-state index >= 15 is 0 Å². The van der Waals surface area contributed by atoms with Crippen molar-refractivity contribution in [1.29, 1.82) is 0 Å². The molecule has 0 saturated carbocycles. The van der Waals surface area contributed by atoms with Gasteiger partial charge in [0.25, 0.3) is 0 Å². The molecule has 5 aliphatic rings. The maximum atomic E-state index is 12.5. The molecular weight excluding hydrogens is 1490 g/mol. The second-order valence-electron chi connectivity index (χ2n) is 34.2. The number of H-pyrrole nitrogens is 1. The number of ketones is 2. The predicted octanol–water partition coefficient (Wildman–Crippen LogP) is 12.0. The minimum absolute atomic E-state index is 0.0212. The van der Waals surface area contributed by atoms with Crippen molar-refractivity contribution in [3.63, 3.8) is 0 Å². The first-order chi connectivity index (χ1) is 51.6. The number of carboxylic acid groups (broad SMARTS) is 1. The molecule has 8 rings (SSSR count). The summed E-state index contributed by atoms with van der Waals surface area (Å²) in [5.74, 6) is -1.37. The molecule has 0 radical (unpaired) electrons. The summed E-state index contributed by atoms with van der Waals surface area (Å²) >= 11 is 0. The summed E-state index contributed by atoms with van der Waals surface area (Å²) < 4.78 is 46.8. The van der Waals surface area contributed by atoms with E-state index in [1.165, 1.54) is 9.80 Å². The third-order valence-corrected chi connectivity index (χ3v) is 19.7. The Kier molecular flexibility index (Phi) is 39.2.